The first kappa shape index (κ1) is 9.32. The highest BCUT2D eigenvalue weighted by Gasteiger charge is 2.03. The first-order valence-electron chi connectivity index (χ1n) is 5.45. The van der Waals surface area contributed by atoms with Gasteiger partial charge in [0, 0.05) is 18.4 Å². The Kier molecular flexibility index (Phi) is 3.23. The lowest BCUT2D eigenvalue weighted by Crippen LogP contribution is -2.18. The number of nitrogens with zero attached hydrogens (tertiary/aromatic N) is 1. The number of benzene rings is 1. The van der Waals surface area contributed by atoms with Gasteiger partial charge in [-0.25, -0.2) is 0 Å². The smallest absolute Gasteiger partial charge is 0.0405 e. The van der Waals surface area contributed by atoms with E-state index in [-0.39, 0.29) is 0 Å². The van der Waals surface area contributed by atoms with Crippen LogP contribution in [0.5, 0.6) is 0 Å². The monoisotopic (exact) mass is 187 g/mol. The van der Waals surface area contributed by atoms with Crippen molar-refractivity contribution in [2.45, 2.75) is 25.7 Å². The van der Waals surface area contributed by atoms with Gasteiger partial charge < -0.3 is 4.90 Å². The van der Waals surface area contributed by atoms with Crippen molar-refractivity contribution in [1.29, 1.82) is 0 Å². The second kappa shape index (κ2) is 4.85. The van der Waals surface area contributed by atoms with Gasteiger partial charge in [0.2, 0.25) is 0 Å². The minimum absolute atomic E-state index is 1.15. The molecule has 14 heavy (non-hydrogen) atoms. The molecule has 1 aliphatic heterocycles. The molecular weight excluding hydrogens is 170 g/mol. The van der Waals surface area contributed by atoms with Crippen molar-refractivity contribution >= 4 is 5.69 Å². The lowest BCUT2D eigenvalue weighted by atomic mass is 10.1. The summed E-state index contributed by atoms with van der Waals surface area (Å²) >= 11 is 0. The quantitative estimate of drug-likeness (QED) is 0.649. The molecule has 1 heterocycles. The Morgan fingerprint density at radius 1 is 0.929 bits per heavy atom. The van der Waals surface area contributed by atoms with Crippen molar-refractivity contribution in [3.8, 4) is 0 Å². The van der Waals surface area contributed by atoms with Gasteiger partial charge in [-0.1, -0.05) is 30.7 Å². The Balaban J connectivity index is 2.12. The fourth-order valence-corrected chi connectivity index (χ4v) is 1.83. The van der Waals surface area contributed by atoms with Crippen molar-refractivity contribution < 1.29 is 0 Å². The Hall–Kier alpha value is -1.24. The van der Waals surface area contributed by atoms with E-state index in [0.29, 0.717) is 0 Å². The molecule has 0 bridgehead atoms. The Bertz CT molecular complexity index is 289. The summed E-state index contributed by atoms with van der Waals surface area (Å²) in [5, 5.41) is 0. The summed E-state index contributed by atoms with van der Waals surface area (Å²) in [5.74, 6) is 0. The van der Waals surface area contributed by atoms with E-state index in [4.69, 9.17) is 0 Å². The highest BCUT2D eigenvalue weighted by Crippen LogP contribution is 2.17. The van der Waals surface area contributed by atoms with Gasteiger partial charge in [0.05, 0.1) is 0 Å². The van der Waals surface area contributed by atoms with Gasteiger partial charge in [-0.05, 0) is 31.4 Å². The minimum atomic E-state index is 1.15. The number of rotatable bonds is 1. The zero-order valence-corrected chi connectivity index (χ0v) is 8.52. The maximum atomic E-state index is 2.35. The van der Waals surface area contributed by atoms with Gasteiger partial charge in [0.1, 0.15) is 0 Å². The molecule has 1 aliphatic rings. The van der Waals surface area contributed by atoms with Gasteiger partial charge in [-0.3, -0.25) is 0 Å². The SMILES string of the molecule is C1=CN(c2ccccc2)CCCCC1. The Morgan fingerprint density at radius 2 is 1.79 bits per heavy atom. The summed E-state index contributed by atoms with van der Waals surface area (Å²) in [7, 11) is 0. The average Bonchev–Trinajstić information content (AvgIpc) is 2.18. The van der Waals surface area contributed by atoms with E-state index in [1.165, 1.54) is 31.4 Å². The van der Waals surface area contributed by atoms with E-state index < -0.39 is 0 Å². The highest BCUT2D eigenvalue weighted by molar-refractivity contribution is 5.48. The second-order valence-corrected chi connectivity index (χ2v) is 3.76. The van der Waals surface area contributed by atoms with Gasteiger partial charge in [0.15, 0.2) is 0 Å². The molecule has 0 saturated carbocycles. The summed E-state index contributed by atoms with van der Waals surface area (Å²) < 4.78 is 0. The highest BCUT2D eigenvalue weighted by atomic mass is 15.1. The molecule has 0 N–H and O–H groups in total. The molecule has 0 unspecified atom stereocenters. The van der Waals surface area contributed by atoms with E-state index in [9.17, 15) is 0 Å². The summed E-state index contributed by atoms with van der Waals surface area (Å²) in [5.41, 5.74) is 1.31. The molecule has 2 rings (SSSR count). The number of anilines is 1. The molecule has 0 aliphatic carbocycles. The third-order valence-corrected chi connectivity index (χ3v) is 2.64. The van der Waals surface area contributed by atoms with Crippen LogP contribution in [-0.2, 0) is 0 Å². The van der Waals surface area contributed by atoms with Crippen LogP contribution in [0.3, 0.4) is 0 Å². The van der Waals surface area contributed by atoms with Crippen LogP contribution in [0.25, 0.3) is 0 Å². The molecule has 0 radical (unpaired) electrons. The van der Waals surface area contributed by atoms with Crippen LogP contribution < -0.4 is 4.90 Å². The Morgan fingerprint density at radius 3 is 2.64 bits per heavy atom. The van der Waals surface area contributed by atoms with Crippen molar-refractivity contribution in [3.63, 3.8) is 0 Å². The molecule has 1 nitrogen and oxygen atoms in total. The van der Waals surface area contributed by atoms with E-state index in [0.717, 1.165) is 6.54 Å². The average molecular weight is 187 g/mol. The van der Waals surface area contributed by atoms with Crippen LogP contribution in [0.4, 0.5) is 5.69 Å². The van der Waals surface area contributed by atoms with E-state index >= 15 is 0 Å². The first-order chi connectivity index (χ1) is 6.97. The standard InChI is InChI=1S/C13H17N/c1-2-7-11-14(12-8-3-1)13-9-5-4-6-10-13/h4-7,9-11H,1-3,8,12H2. The summed E-state index contributed by atoms with van der Waals surface area (Å²) in [6.45, 7) is 1.15. The van der Waals surface area contributed by atoms with Crippen molar-refractivity contribution in [1.82, 2.24) is 0 Å². The van der Waals surface area contributed by atoms with Crippen LogP contribution in [0, 0.1) is 0 Å². The zero-order chi connectivity index (χ0) is 9.64. The number of para-hydroxylation sites is 1. The molecule has 0 atom stereocenters. The normalized spacial score (nSPS) is 17.6. The van der Waals surface area contributed by atoms with Crippen LogP contribution >= 0.6 is 0 Å². The Labute approximate surface area is 86.1 Å². The van der Waals surface area contributed by atoms with Gasteiger partial charge in [-0.2, -0.15) is 0 Å². The van der Waals surface area contributed by atoms with Crippen LogP contribution in [0.15, 0.2) is 42.6 Å². The third-order valence-electron chi connectivity index (χ3n) is 2.64. The second-order valence-electron chi connectivity index (χ2n) is 3.76. The van der Waals surface area contributed by atoms with Crippen molar-refractivity contribution in [2.75, 3.05) is 11.4 Å². The molecule has 0 spiro atoms. The number of hydrogen-bond acceptors (Lipinski definition) is 1. The topological polar surface area (TPSA) is 3.24 Å². The maximum Gasteiger partial charge on any atom is 0.0405 e. The molecule has 1 aromatic carbocycles. The molecule has 1 aromatic rings. The fourth-order valence-electron chi connectivity index (χ4n) is 1.83. The van der Waals surface area contributed by atoms with Gasteiger partial charge >= 0.3 is 0 Å². The molecule has 0 amide bonds. The molecule has 1 heteroatoms. The minimum Gasteiger partial charge on any atom is -0.348 e. The number of allylic oxidation sites excluding steroid dienone is 1. The number of hydrogen-bond donors (Lipinski definition) is 0. The predicted molar refractivity (Wildman–Crippen MR) is 61.4 cm³/mol. The fraction of sp³-hybridized carbons (Fsp3) is 0.385. The summed E-state index contributed by atoms with van der Waals surface area (Å²) in [4.78, 5) is 2.35. The van der Waals surface area contributed by atoms with Crippen LogP contribution in [-0.4, -0.2) is 6.54 Å². The van der Waals surface area contributed by atoms with E-state index in [1.54, 1.807) is 0 Å². The third kappa shape index (κ3) is 2.38. The van der Waals surface area contributed by atoms with Gasteiger partial charge in [0.25, 0.3) is 0 Å². The zero-order valence-electron chi connectivity index (χ0n) is 8.52. The van der Waals surface area contributed by atoms with Crippen LogP contribution in [0.1, 0.15) is 25.7 Å². The first-order valence-corrected chi connectivity index (χ1v) is 5.45. The molecule has 74 valence electrons. The predicted octanol–water partition coefficient (Wildman–Crippen LogP) is 3.58. The van der Waals surface area contributed by atoms with E-state index in [2.05, 4.69) is 47.5 Å². The largest absolute Gasteiger partial charge is 0.348 e. The van der Waals surface area contributed by atoms with Crippen molar-refractivity contribution in [3.05, 3.63) is 42.6 Å². The van der Waals surface area contributed by atoms with Gasteiger partial charge in [-0.15, -0.1) is 0 Å². The summed E-state index contributed by atoms with van der Waals surface area (Å²) in [6, 6.07) is 10.6. The molecule has 0 fully saturated rings. The summed E-state index contributed by atoms with van der Waals surface area (Å²) in [6.07, 6.45) is 9.75. The van der Waals surface area contributed by atoms with Crippen LogP contribution in [0.2, 0.25) is 0 Å². The maximum absolute atomic E-state index is 2.35. The van der Waals surface area contributed by atoms with Crippen molar-refractivity contribution in [2.24, 2.45) is 0 Å². The molecular formula is C13H17N. The molecule has 0 aromatic heterocycles. The lowest BCUT2D eigenvalue weighted by molar-refractivity contribution is 0.671. The lowest BCUT2D eigenvalue weighted by Gasteiger charge is -2.21. The molecule has 0 saturated heterocycles. The van der Waals surface area contributed by atoms with E-state index in [1.807, 2.05) is 0 Å².